The fraction of sp³-hybridized carbons (Fsp3) is 0.125. The second kappa shape index (κ2) is 4.69. The Hall–Kier alpha value is -2.42. The van der Waals surface area contributed by atoms with Crippen molar-refractivity contribution in [2.75, 3.05) is 0 Å². The zero-order valence-electron chi connectivity index (χ0n) is 10.9. The predicted molar refractivity (Wildman–Crippen MR) is 74.6 cm³/mol. The normalized spacial score (nSPS) is 10.6. The average molecular weight is 250 g/mol. The molecule has 0 aliphatic carbocycles. The van der Waals surface area contributed by atoms with Crippen LogP contribution in [0.5, 0.6) is 0 Å². The number of benzene rings is 2. The van der Waals surface area contributed by atoms with Crippen LogP contribution in [-0.4, -0.2) is 10.2 Å². The van der Waals surface area contributed by atoms with E-state index in [1.807, 2.05) is 36.4 Å². The van der Waals surface area contributed by atoms with E-state index in [4.69, 9.17) is 4.42 Å². The van der Waals surface area contributed by atoms with Crippen molar-refractivity contribution < 1.29 is 4.42 Å². The van der Waals surface area contributed by atoms with Crippen molar-refractivity contribution in [1.82, 2.24) is 10.2 Å². The lowest BCUT2D eigenvalue weighted by molar-refractivity contribution is 0.584. The van der Waals surface area contributed by atoms with Gasteiger partial charge in [0, 0.05) is 11.1 Å². The summed E-state index contributed by atoms with van der Waals surface area (Å²) in [6, 6.07) is 16.0. The highest BCUT2D eigenvalue weighted by Gasteiger charge is 2.11. The van der Waals surface area contributed by atoms with Gasteiger partial charge in [0.2, 0.25) is 11.8 Å². The monoisotopic (exact) mass is 250 g/mol. The van der Waals surface area contributed by atoms with Crippen molar-refractivity contribution in [1.29, 1.82) is 0 Å². The van der Waals surface area contributed by atoms with Gasteiger partial charge >= 0.3 is 0 Å². The maximum Gasteiger partial charge on any atom is 0.248 e. The number of rotatable bonds is 2. The number of nitrogens with zero attached hydrogens (tertiary/aromatic N) is 2. The largest absolute Gasteiger partial charge is 0.416 e. The lowest BCUT2D eigenvalue weighted by Gasteiger charge is -2.01. The van der Waals surface area contributed by atoms with Crippen LogP contribution >= 0.6 is 0 Å². The summed E-state index contributed by atoms with van der Waals surface area (Å²) in [5, 5.41) is 8.25. The summed E-state index contributed by atoms with van der Waals surface area (Å²) in [6.07, 6.45) is 0. The summed E-state index contributed by atoms with van der Waals surface area (Å²) in [5.41, 5.74) is 4.29. The molecule has 3 rings (SSSR count). The third-order valence-corrected chi connectivity index (χ3v) is 3.06. The molecule has 0 fully saturated rings. The summed E-state index contributed by atoms with van der Waals surface area (Å²) in [5.74, 6) is 1.12. The van der Waals surface area contributed by atoms with Gasteiger partial charge in [-0.3, -0.25) is 0 Å². The lowest BCUT2D eigenvalue weighted by Crippen LogP contribution is -1.84. The quantitative estimate of drug-likeness (QED) is 0.689. The van der Waals surface area contributed by atoms with Crippen LogP contribution in [-0.2, 0) is 0 Å². The van der Waals surface area contributed by atoms with Crippen molar-refractivity contribution in [3.8, 4) is 22.9 Å². The van der Waals surface area contributed by atoms with E-state index >= 15 is 0 Å². The van der Waals surface area contributed by atoms with Crippen LogP contribution in [0.2, 0.25) is 0 Å². The Morgan fingerprint density at radius 1 is 0.842 bits per heavy atom. The third kappa shape index (κ3) is 2.27. The minimum atomic E-state index is 0.551. The molecule has 0 bridgehead atoms. The molecule has 0 saturated heterocycles. The fourth-order valence-corrected chi connectivity index (χ4v) is 2.08. The van der Waals surface area contributed by atoms with E-state index in [0.29, 0.717) is 11.8 Å². The lowest BCUT2D eigenvalue weighted by atomic mass is 10.1. The zero-order chi connectivity index (χ0) is 13.2. The van der Waals surface area contributed by atoms with Gasteiger partial charge in [-0.15, -0.1) is 10.2 Å². The van der Waals surface area contributed by atoms with Crippen molar-refractivity contribution in [2.24, 2.45) is 0 Å². The maximum atomic E-state index is 5.75. The number of hydrogen-bond acceptors (Lipinski definition) is 3. The van der Waals surface area contributed by atoms with Crippen LogP contribution in [0, 0.1) is 13.8 Å². The second-order valence-corrected chi connectivity index (χ2v) is 4.60. The van der Waals surface area contributed by atoms with E-state index < -0.39 is 0 Å². The van der Waals surface area contributed by atoms with Crippen LogP contribution in [0.25, 0.3) is 22.9 Å². The van der Waals surface area contributed by atoms with Crippen LogP contribution in [0.4, 0.5) is 0 Å². The molecule has 94 valence electrons. The third-order valence-electron chi connectivity index (χ3n) is 3.06. The topological polar surface area (TPSA) is 38.9 Å². The van der Waals surface area contributed by atoms with Gasteiger partial charge in [-0.05, 0) is 37.6 Å². The summed E-state index contributed by atoms with van der Waals surface area (Å²) in [6.45, 7) is 4.12. The van der Waals surface area contributed by atoms with Gasteiger partial charge in [0.1, 0.15) is 0 Å². The molecule has 0 radical (unpaired) electrons. The predicted octanol–water partition coefficient (Wildman–Crippen LogP) is 4.02. The Bertz CT molecular complexity index is 702. The zero-order valence-corrected chi connectivity index (χ0v) is 10.9. The number of aryl methyl sites for hydroxylation is 2. The Balaban J connectivity index is 2.02. The average Bonchev–Trinajstić information content (AvgIpc) is 2.89. The minimum Gasteiger partial charge on any atom is -0.416 e. The molecule has 0 saturated carbocycles. The van der Waals surface area contributed by atoms with E-state index in [-0.39, 0.29) is 0 Å². The smallest absolute Gasteiger partial charge is 0.248 e. The summed E-state index contributed by atoms with van der Waals surface area (Å²) in [7, 11) is 0. The highest BCUT2D eigenvalue weighted by Crippen LogP contribution is 2.26. The van der Waals surface area contributed by atoms with Crippen LogP contribution in [0.15, 0.2) is 52.9 Å². The highest BCUT2D eigenvalue weighted by molar-refractivity contribution is 5.61. The number of hydrogen-bond donors (Lipinski definition) is 0. The molecule has 2 aromatic carbocycles. The van der Waals surface area contributed by atoms with Crippen LogP contribution in [0.1, 0.15) is 11.1 Å². The van der Waals surface area contributed by atoms with Crippen molar-refractivity contribution in [3.63, 3.8) is 0 Å². The molecule has 0 aliphatic rings. The van der Waals surface area contributed by atoms with Gasteiger partial charge in [0.05, 0.1) is 0 Å². The molecule has 0 N–H and O–H groups in total. The van der Waals surface area contributed by atoms with Gasteiger partial charge in [-0.1, -0.05) is 35.9 Å². The van der Waals surface area contributed by atoms with Gasteiger partial charge < -0.3 is 4.42 Å². The molecule has 0 amide bonds. The van der Waals surface area contributed by atoms with Gasteiger partial charge in [-0.25, -0.2) is 0 Å². The Morgan fingerprint density at radius 2 is 1.58 bits per heavy atom. The second-order valence-electron chi connectivity index (χ2n) is 4.60. The van der Waals surface area contributed by atoms with E-state index in [1.54, 1.807) is 0 Å². The molecule has 1 heterocycles. The molecule has 3 nitrogen and oxygen atoms in total. The fourth-order valence-electron chi connectivity index (χ4n) is 2.08. The van der Waals surface area contributed by atoms with Gasteiger partial charge in [0.25, 0.3) is 0 Å². The first-order valence-electron chi connectivity index (χ1n) is 6.20. The molecule has 3 heteroatoms. The molecule has 19 heavy (non-hydrogen) atoms. The van der Waals surface area contributed by atoms with Crippen LogP contribution < -0.4 is 0 Å². The Morgan fingerprint density at radius 3 is 2.32 bits per heavy atom. The molecule has 0 spiro atoms. The van der Waals surface area contributed by atoms with Crippen molar-refractivity contribution >= 4 is 0 Å². The summed E-state index contributed by atoms with van der Waals surface area (Å²) < 4.78 is 5.75. The highest BCUT2D eigenvalue weighted by atomic mass is 16.4. The van der Waals surface area contributed by atoms with Crippen LogP contribution in [0.3, 0.4) is 0 Å². The molecule has 0 unspecified atom stereocenters. The molecule has 0 atom stereocenters. The first-order chi connectivity index (χ1) is 9.24. The van der Waals surface area contributed by atoms with E-state index in [2.05, 4.69) is 36.2 Å². The summed E-state index contributed by atoms with van der Waals surface area (Å²) in [4.78, 5) is 0. The molecule has 0 aliphatic heterocycles. The Kier molecular flexibility index (Phi) is 2.88. The summed E-state index contributed by atoms with van der Waals surface area (Å²) >= 11 is 0. The van der Waals surface area contributed by atoms with E-state index in [9.17, 15) is 0 Å². The molecule has 3 aromatic rings. The Labute approximate surface area is 111 Å². The molecular weight excluding hydrogens is 236 g/mol. The van der Waals surface area contributed by atoms with Gasteiger partial charge in [0.15, 0.2) is 0 Å². The first-order valence-corrected chi connectivity index (χ1v) is 6.20. The first kappa shape index (κ1) is 11.7. The molecule has 1 aromatic heterocycles. The standard InChI is InChI=1S/C16H14N2O/c1-11-8-9-14(12(2)10-11)16-18-17-15(19-16)13-6-4-3-5-7-13/h3-10H,1-2H3. The van der Waals surface area contributed by atoms with E-state index in [1.165, 1.54) is 5.56 Å². The van der Waals surface area contributed by atoms with Gasteiger partial charge in [-0.2, -0.15) is 0 Å². The van der Waals surface area contributed by atoms with Crippen molar-refractivity contribution in [2.45, 2.75) is 13.8 Å². The molecular formula is C16H14N2O. The minimum absolute atomic E-state index is 0.551. The SMILES string of the molecule is Cc1ccc(-c2nnc(-c3ccccc3)o2)c(C)c1. The number of aromatic nitrogens is 2. The van der Waals surface area contributed by atoms with E-state index in [0.717, 1.165) is 16.7 Å². The van der Waals surface area contributed by atoms with Crippen molar-refractivity contribution in [3.05, 3.63) is 59.7 Å². The maximum absolute atomic E-state index is 5.75.